The molecule has 1 aromatic rings. The van der Waals surface area contributed by atoms with Crippen molar-refractivity contribution in [1.29, 1.82) is 0 Å². The van der Waals surface area contributed by atoms with Gasteiger partial charge in [-0.15, -0.1) is 0 Å². The zero-order valence-corrected chi connectivity index (χ0v) is 12.0. The minimum atomic E-state index is -1.01. The predicted octanol–water partition coefficient (Wildman–Crippen LogP) is 1.27. The molecular formula is C13H21N3O3. The number of aromatic nitrogens is 2. The molecule has 0 fully saturated rings. The van der Waals surface area contributed by atoms with Crippen LogP contribution >= 0.6 is 0 Å². The molecule has 0 aliphatic rings. The van der Waals surface area contributed by atoms with Crippen LogP contribution in [0.25, 0.3) is 0 Å². The molecule has 1 amide bonds. The van der Waals surface area contributed by atoms with Crippen molar-refractivity contribution in [3.05, 3.63) is 17.0 Å². The Labute approximate surface area is 112 Å². The third-order valence-corrected chi connectivity index (χ3v) is 3.50. The molecule has 6 nitrogen and oxygen atoms in total. The molecule has 1 aromatic heterocycles. The van der Waals surface area contributed by atoms with Gasteiger partial charge in [-0.3, -0.25) is 9.48 Å². The van der Waals surface area contributed by atoms with Crippen molar-refractivity contribution in [3.63, 3.8) is 0 Å². The van der Waals surface area contributed by atoms with Gasteiger partial charge in [0, 0.05) is 12.7 Å². The van der Waals surface area contributed by atoms with Crippen LogP contribution in [0.5, 0.6) is 0 Å². The fraction of sp³-hybridized carbons (Fsp3) is 0.615. The quantitative estimate of drug-likeness (QED) is 0.841. The van der Waals surface area contributed by atoms with Gasteiger partial charge in [0.15, 0.2) is 0 Å². The fourth-order valence-corrected chi connectivity index (χ4v) is 2.00. The van der Waals surface area contributed by atoms with Crippen LogP contribution in [0.3, 0.4) is 0 Å². The number of carbonyl (C=O) groups excluding carboxylic acids is 1. The summed E-state index contributed by atoms with van der Waals surface area (Å²) in [5.74, 6) is -1.52. The summed E-state index contributed by atoms with van der Waals surface area (Å²) in [4.78, 5) is 23.4. The fourth-order valence-electron chi connectivity index (χ4n) is 2.00. The van der Waals surface area contributed by atoms with Crippen LogP contribution in [-0.4, -0.2) is 32.8 Å². The van der Waals surface area contributed by atoms with Crippen LogP contribution in [0.2, 0.25) is 0 Å². The average molecular weight is 267 g/mol. The van der Waals surface area contributed by atoms with Crippen molar-refractivity contribution in [3.8, 4) is 0 Å². The lowest BCUT2D eigenvalue weighted by molar-refractivity contribution is -0.140. The van der Waals surface area contributed by atoms with Crippen LogP contribution in [0, 0.1) is 19.8 Å². The molecule has 0 aliphatic heterocycles. The van der Waals surface area contributed by atoms with Crippen LogP contribution in [0.15, 0.2) is 0 Å². The molecule has 1 heterocycles. The summed E-state index contributed by atoms with van der Waals surface area (Å²) in [5.41, 5.74) is 1.78. The maximum absolute atomic E-state index is 12.2. The molecule has 6 heteroatoms. The van der Waals surface area contributed by atoms with Crippen LogP contribution < -0.4 is 5.32 Å². The first-order valence-electron chi connectivity index (χ1n) is 6.33. The van der Waals surface area contributed by atoms with Gasteiger partial charge in [-0.1, -0.05) is 20.3 Å². The number of nitrogens with one attached hydrogen (secondary N) is 1. The normalized spacial score (nSPS) is 13.9. The Hall–Kier alpha value is -1.85. The Kier molecular flexibility index (Phi) is 4.69. The minimum absolute atomic E-state index is 0.126. The maximum Gasteiger partial charge on any atom is 0.326 e. The van der Waals surface area contributed by atoms with Crippen LogP contribution in [0.1, 0.15) is 42.0 Å². The highest BCUT2D eigenvalue weighted by molar-refractivity contribution is 5.98. The summed E-state index contributed by atoms with van der Waals surface area (Å²) in [5, 5.41) is 15.9. The van der Waals surface area contributed by atoms with E-state index in [1.165, 1.54) is 0 Å². The van der Waals surface area contributed by atoms with E-state index < -0.39 is 12.0 Å². The summed E-state index contributed by atoms with van der Waals surface area (Å²) < 4.78 is 1.61. The Morgan fingerprint density at radius 3 is 2.37 bits per heavy atom. The average Bonchev–Trinajstić information content (AvgIpc) is 2.58. The topological polar surface area (TPSA) is 84.2 Å². The number of carbonyl (C=O) groups is 2. The Balaban J connectivity index is 2.97. The summed E-state index contributed by atoms with van der Waals surface area (Å²) >= 11 is 0. The number of hydrogen-bond donors (Lipinski definition) is 2. The molecule has 1 rings (SSSR count). The van der Waals surface area contributed by atoms with Crippen molar-refractivity contribution in [2.75, 3.05) is 0 Å². The van der Waals surface area contributed by atoms with Crippen LogP contribution in [-0.2, 0) is 11.8 Å². The van der Waals surface area contributed by atoms with E-state index in [-0.39, 0.29) is 11.8 Å². The second-order valence-corrected chi connectivity index (χ2v) is 4.84. The van der Waals surface area contributed by atoms with Gasteiger partial charge >= 0.3 is 5.97 Å². The number of amides is 1. The standard InChI is InChI=1S/C13H21N3O3/c1-6-7(2)11(13(18)19)14-12(17)10-8(3)15-16(5)9(10)4/h7,11H,6H2,1-5H3,(H,14,17)(H,18,19). The number of aliphatic carboxylic acids is 1. The highest BCUT2D eigenvalue weighted by Crippen LogP contribution is 2.14. The van der Waals surface area contributed by atoms with E-state index in [4.69, 9.17) is 0 Å². The zero-order chi connectivity index (χ0) is 14.7. The van der Waals surface area contributed by atoms with E-state index in [1.807, 2.05) is 13.8 Å². The monoisotopic (exact) mass is 267 g/mol. The first-order chi connectivity index (χ1) is 8.79. The number of rotatable bonds is 5. The molecular weight excluding hydrogens is 246 g/mol. The second-order valence-electron chi connectivity index (χ2n) is 4.84. The Morgan fingerprint density at radius 1 is 1.42 bits per heavy atom. The molecule has 0 spiro atoms. The first-order valence-corrected chi connectivity index (χ1v) is 6.33. The van der Waals surface area contributed by atoms with Gasteiger partial charge in [-0.25, -0.2) is 4.79 Å². The Bertz CT molecular complexity index is 494. The van der Waals surface area contributed by atoms with Gasteiger partial charge in [0.1, 0.15) is 6.04 Å². The number of aryl methyl sites for hydroxylation is 2. The van der Waals surface area contributed by atoms with Gasteiger partial charge < -0.3 is 10.4 Å². The van der Waals surface area contributed by atoms with E-state index in [2.05, 4.69) is 10.4 Å². The molecule has 0 aliphatic carbocycles. The number of carboxylic acid groups (broad SMARTS) is 1. The third kappa shape index (κ3) is 3.13. The van der Waals surface area contributed by atoms with E-state index in [9.17, 15) is 14.7 Å². The van der Waals surface area contributed by atoms with Gasteiger partial charge in [0.25, 0.3) is 5.91 Å². The molecule has 2 unspecified atom stereocenters. The van der Waals surface area contributed by atoms with Gasteiger partial charge in [0.05, 0.1) is 11.3 Å². The van der Waals surface area contributed by atoms with Crippen molar-refractivity contribution in [1.82, 2.24) is 15.1 Å². The minimum Gasteiger partial charge on any atom is -0.480 e. The lowest BCUT2D eigenvalue weighted by Crippen LogP contribution is -2.45. The van der Waals surface area contributed by atoms with E-state index in [1.54, 1.807) is 25.6 Å². The maximum atomic E-state index is 12.2. The number of carboxylic acids is 1. The lowest BCUT2D eigenvalue weighted by atomic mass is 9.99. The van der Waals surface area contributed by atoms with E-state index in [0.29, 0.717) is 17.7 Å². The smallest absolute Gasteiger partial charge is 0.326 e. The number of hydrogen-bond acceptors (Lipinski definition) is 3. The van der Waals surface area contributed by atoms with E-state index >= 15 is 0 Å². The molecule has 2 N–H and O–H groups in total. The van der Waals surface area contributed by atoms with E-state index in [0.717, 1.165) is 5.69 Å². The van der Waals surface area contributed by atoms with Gasteiger partial charge in [-0.05, 0) is 19.8 Å². The summed E-state index contributed by atoms with van der Waals surface area (Å²) in [6.07, 6.45) is 0.683. The summed E-state index contributed by atoms with van der Waals surface area (Å²) in [6.45, 7) is 7.23. The predicted molar refractivity (Wildman–Crippen MR) is 71.0 cm³/mol. The molecule has 0 bridgehead atoms. The van der Waals surface area contributed by atoms with Crippen molar-refractivity contribution < 1.29 is 14.7 Å². The lowest BCUT2D eigenvalue weighted by Gasteiger charge is -2.20. The molecule has 106 valence electrons. The van der Waals surface area contributed by atoms with Crippen molar-refractivity contribution in [2.24, 2.45) is 13.0 Å². The summed E-state index contributed by atoms with van der Waals surface area (Å²) in [6, 6.07) is -0.878. The molecule has 0 saturated heterocycles. The van der Waals surface area contributed by atoms with Gasteiger partial charge in [-0.2, -0.15) is 5.10 Å². The highest BCUT2D eigenvalue weighted by Gasteiger charge is 2.27. The number of nitrogens with zero attached hydrogens (tertiary/aromatic N) is 2. The van der Waals surface area contributed by atoms with Gasteiger partial charge in [0.2, 0.25) is 0 Å². The Morgan fingerprint density at radius 2 is 2.00 bits per heavy atom. The SMILES string of the molecule is CCC(C)C(NC(=O)c1c(C)nn(C)c1C)C(=O)O. The molecule has 19 heavy (non-hydrogen) atoms. The molecule has 0 radical (unpaired) electrons. The van der Waals surface area contributed by atoms with Crippen molar-refractivity contribution >= 4 is 11.9 Å². The molecule has 0 saturated carbocycles. The van der Waals surface area contributed by atoms with Crippen molar-refractivity contribution in [2.45, 2.75) is 40.2 Å². The zero-order valence-electron chi connectivity index (χ0n) is 12.0. The first kappa shape index (κ1) is 15.2. The molecule has 0 aromatic carbocycles. The second kappa shape index (κ2) is 5.86. The molecule has 2 atom stereocenters. The highest BCUT2D eigenvalue weighted by atomic mass is 16.4. The summed E-state index contributed by atoms with van der Waals surface area (Å²) in [7, 11) is 1.75. The van der Waals surface area contributed by atoms with Crippen LogP contribution in [0.4, 0.5) is 0 Å². The largest absolute Gasteiger partial charge is 0.480 e. The third-order valence-electron chi connectivity index (χ3n) is 3.50.